The minimum Gasteiger partial charge on any atom is -0.466 e. The monoisotopic (exact) mass is 531 g/mol. The molecule has 1 aliphatic rings. The third kappa shape index (κ3) is 8.13. The van der Waals surface area contributed by atoms with Crippen LogP contribution in [0.5, 0.6) is 0 Å². The highest BCUT2D eigenvalue weighted by molar-refractivity contribution is 6.00. The van der Waals surface area contributed by atoms with Gasteiger partial charge in [0.1, 0.15) is 6.61 Å². The first-order valence-electron chi connectivity index (χ1n) is 12.9. The lowest BCUT2D eigenvalue weighted by Gasteiger charge is -2.33. The number of rotatable bonds is 9. The molecule has 2 amide bonds. The molecule has 204 valence electrons. The number of carbonyl (C=O) groups excluding carboxylic acids is 3. The van der Waals surface area contributed by atoms with Crippen LogP contribution >= 0.6 is 0 Å². The molecule has 0 spiro atoms. The molecule has 3 aromatic rings. The zero-order chi connectivity index (χ0) is 27.6. The minimum atomic E-state index is -0.645. The molecule has 39 heavy (non-hydrogen) atoms. The molecule has 0 radical (unpaired) electrons. The molecule has 1 fully saturated rings. The number of benzene rings is 3. The predicted octanol–water partition coefficient (Wildman–Crippen LogP) is 4.75. The molecule has 1 saturated heterocycles. The number of nitrogens with zero attached hydrogens (tertiary/aromatic N) is 2. The van der Waals surface area contributed by atoms with Crippen molar-refractivity contribution in [1.82, 2.24) is 9.96 Å². The van der Waals surface area contributed by atoms with Crippen molar-refractivity contribution in [3.63, 3.8) is 0 Å². The number of anilines is 1. The van der Waals surface area contributed by atoms with Crippen molar-refractivity contribution >= 4 is 34.4 Å². The van der Waals surface area contributed by atoms with E-state index in [4.69, 9.17) is 4.74 Å². The summed E-state index contributed by atoms with van der Waals surface area (Å²) in [6.45, 7) is 2.89. The van der Waals surface area contributed by atoms with Crippen LogP contribution in [0, 0.1) is 5.92 Å². The largest absolute Gasteiger partial charge is 0.466 e. The summed E-state index contributed by atoms with van der Waals surface area (Å²) in [5.41, 5.74) is 2.77. The Balaban J connectivity index is 1.18. The number of hydroxylamine groups is 2. The maximum Gasteiger partial charge on any atom is 0.411 e. The Morgan fingerprint density at radius 1 is 0.974 bits per heavy atom. The Hall–Kier alpha value is -4.21. The molecular formula is C30H33N3O6. The molecule has 0 unspecified atom stereocenters. The average Bonchev–Trinajstić information content (AvgIpc) is 2.96. The van der Waals surface area contributed by atoms with Crippen molar-refractivity contribution in [3.05, 3.63) is 90.0 Å². The van der Waals surface area contributed by atoms with Gasteiger partial charge >= 0.3 is 12.1 Å². The van der Waals surface area contributed by atoms with Gasteiger partial charge < -0.3 is 9.47 Å². The fraction of sp³-hybridized carbons (Fsp3) is 0.300. The number of hydrogen-bond donors (Lipinski definition) is 2. The van der Waals surface area contributed by atoms with Crippen LogP contribution in [0.25, 0.3) is 10.8 Å². The Morgan fingerprint density at radius 3 is 2.41 bits per heavy atom. The maximum atomic E-state index is 12.4. The molecule has 4 rings (SSSR count). The summed E-state index contributed by atoms with van der Waals surface area (Å²) in [5, 5.41) is 15.5. The van der Waals surface area contributed by atoms with E-state index in [-0.39, 0.29) is 19.1 Å². The van der Waals surface area contributed by atoms with Gasteiger partial charge in [-0.1, -0.05) is 60.7 Å². The second-order valence-electron chi connectivity index (χ2n) is 9.54. The molecule has 0 bridgehead atoms. The molecule has 3 aromatic carbocycles. The third-order valence-electron chi connectivity index (χ3n) is 6.78. The Morgan fingerprint density at radius 2 is 1.67 bits per heavy atom. The van der Waals surface area contributed by atoms with E-state index in [1.807, 2.05) is 66.7 Å². The van der Waals surface area contributed by atoms with Gasteiger partial charge in [-0.05, 0) is 54.4 Å². The topological polar surface area (TPSA) is 108 Å². The highest BCUT2D eigenvalue weighted by Gasteiger charge is 2.22. The molecule has 1 aliphatic heterocycles. The fourth-order valence-corrected chi connectivity index (χ4v) is 4.58. The van der Waals surface area contributed by atoms with Gasteiger partial charge in [-0.2, -0.15) is 0 Å². The third-order valence-corrected chi connectivity index (χ3v) is 6.78. The van der Waals surface area contributed by atoms with Gasteiger partial charge in [-0.15, -0.1) is 0 Å². The van der Waals surface area contributed by atoms with Crippen molar-refractivity contribution < 1.29 is 29.1 Å². The van der Waals surface area contributed by atoms with Crippen LogP contribution in [0.2, 0.25) is 0 Å². The summed E-state index contributed by atoms with van der Waals surface area (Å²) < 4.78 is 9.87. The maximum absolute atomic E-state index is 12.4. The number of nitrogens with one attached hydrogen (secondary N) is 1. The van der Waals surface area contributed by atoms with E-state index in [2.05, 4.69) is 15.0 Å². The average molecular weight is 532 g/mol. The van der Waals surface area contributed by atoms with E-state index in [0.29, 0.717) is 10.8 Å². The van der Waals surface area contributed by atoms with Crippen molar-refractivity contribution in [3.8, 4) is 0 Å². The van der Waals surface area contributed by atoms with E-state index < -0.39 is 18.0 Å². The lowest BCUT2D eigenvalue weighted by Crippen LogP contribution is -2.39. The van der Waals surface area contributed by atoms with Gasteiger partial charge in [0.05, 0.1) is 19.3 Å². The number of likely N-dealkylation sites (tertiary alicyclic amines) is 1. The van der Waals surface area contributed by atoms with Crippen molar-refractivity contribution in [2.24, 2.45) is 5.92 Å². The van der Waals surface area contributed by atoms with Crippen molar-refractivity contribution in [2.75, 3.05) is 32.1 Å². The predicted molar refractivity (Wildman–Crippen MR) is 147 cm³/mol. The van der Waals surface area contributed by atoms with E-state index in [9.17, 15) is 19.6 Å². The fourth-order valence-electron chi connectivity index (χ4n) is 4.58. The van der Waals surface area contributed by atoms with Gasteiger partial charge in [0.2, 0.25) is 0 Å². The van der Waals surface area contributed by atoms with Crippen LogP contribution in [-0.2, 0) is 32.2 Å². The number of amides is 2. The lowest BCUT2D eigenvalue weighted by atomic mass is 9.96. The van der Waals surface area contributed by atoms with Crippen LogP contribution in [0.3, 0.4) is 0 Å². The number of esters is 1. The zero-order valence-electron chi connectivity index (χ0n) is 21.9. The molecule has 1 heterocycles. The smallest absolute Gasteiger partial charge is 0.411 e. The lowest BCUT2D eigenvalue weighted by molar-refractivity contribution is -0.163. The minimum absolute atomic E-state index is 0.174. The second kappa shape index (κ2) is 13.5. The summed E-state index contributed by atoms with van der Waals surface area (Å²) in [6.07, 6.45) is 3.20. The van der Waals surface area contributed by atoms with Crippen molar-refractivity contribution in [1.29, 1.82) is 0 Å². The molecule has 9 nitrogen and oxygen atoms in total. The SMILES string of the molecule is COC(=O)C=CC(=O)N(O)CC1CCN(Cc2ccc(COC(=O)Nc3cccc4ccccc34)cc2)CC1. The van der Waals surface area contributed by atoms with Crippen LogP contribution in [0.15, 0.2) is 78.9 Å². The number of hydrogen-bond acceptors (Lipinski definition) is 7. The Bertz CT molecular complexity index is 1310. The molecule has 0 atom stereocenters. The van der Waals surface area contributed by atoms with E-state index in [0.717, 1.165) is 66.5 Å². The summed E-state index contributed by atoms with van der Waals surface area (Å²) in [5.74, 6) is -1.10. The Kier molecular flexibility index (Phi) is 9.66. The summed E-state index contributed by atoms with van der Waals surface area (Å²) >= 11 is 0. The standard InChI is InChI=1S/C30H33N3O6/c1-38-29(35)14-13-28(34)33(37)20-23-15-17-32(18-16-23)19-22-9-11-24(12-10-22)21-39-30(36)31-27-8-4-6-25-5-2-3-7-26(25)27/h2-14,23,37H,15-21H2,1H3,(H,31,36). The highest BCUT2D eigenvalue weighted by atomic mass is 16.5. The molecule has 9 heteroatoms. The summed E-state index contributed by atoms with van der Waals surface area (Å²) in [4.78, 5) is 37.7. The number of methoxy groups -OCH3 is 1. The van der Waals surface area contributed by atoms with E-state index in [1.165, 1.54) is 7.11 Å². The van der Waals surface area contributed by atoms with E-state index >= 15 is 0 Å². The zero-order valence-corrected chi connectivity index (χ0v) is 21.9. The van der Waals surface area contributed by atoms with Gasteiger partial charge in [0.15, 0.2) is 0 Å². The number of piperidine rings is 1. The molecule has 2 N–H and O–H groups in total. The van der Waals surface area contributed by atoms with Gasteiger partial charge in [-0.3, -0.25) is 20.2 Å². The van der Waals surface area contributed by atoms with Gasteiger partial charge in [0.25, 0.3) is 5.91 Å². The molecule has 0 aromatic heterocycles. The summed E-state index contributed by atoms with van der Waals surface area (Å²) in [6, 6.07) is 21.6. The number of carbonyl (C=O) groups is 3. The quantitative estimate of drug-likeness (QED) is 0.178. The first-order valence-corrected chi connectivity index (χ1v) is 12.9. The summed E-state index contributed by atoms with van der Waals surface area (Å²) in [7, 11) is 1.22. The van der Waals surface area contributed by atoms with Crippen molar-refractivity contribution in [2.45, 2.75) is 26.0 Å². The molecular weight excluding hydrogens is 498 g/mol. The van der Waals surface area contributed by atoms with Crippen LogP contribution < -0.4 is 5.32 Å². The normalized spacial score (nSPS) is 14.3. The second-order valence-corrected chi connectivity index (χ2v) is 9.54. The van der Waals surface area contributed by atoms with E-state index in [1.54, 1.807) is 0 Å². The molecule has 0 aliphatic carbocycles. The van der Waals surface area contributed by atoms with Crippen LogP contribution in [0.4, 0.5) is 10.5 Å². The highest BCUT2D eigenvalue weighted by Crippen LogP contribution is 2.23. The van der Waals surface area contributed by atoms with Crippen LogP contribution in [0.1, 0.15) is 24.0 Å². The number of fused-ring (bicyclic) bond motifs is 1. The number of ether oxygens (including phenoxy) is 2. The molecule has 0 saturated carbocycles. The van der Waals surface area contributed by atoms with Gasteiger partial charge in [-0.25, -0.2) is 14.7 Å². The first-order chi connectivity index (χ1) is 18.9. The first kappa shape index (κ1) is 27.8. The van der Waals surface area contributed by atoms with Gasteiger partial charge in [0, 0.05) is 24.1 Å². The van der Waals surface area contributed by atoms with Crippen LogP contribution in [-0.4, -0.2) is 59.9 Å². The Labute approximate surface area is 227 Å².